The van der Waals surface area contributed by atoms with E-state index in [2.05, 4.69) is 15.2 Å². The number of pyridine rings is 1. The van der Waals surface area contributed by atoms with Gasteiger partial charge in [0.15, 0.2) is 5.65 Å². The molecule has 0 aliphatic rings. The molecule has 146 valence electrons. The monoisotopic (exact) mass is 401 g/mol. The lowest BCUT2D eigenvalue weighted by atomic mass is 10.0. The fourth-order valence-electron chi connectivity index (χ4n) is 3.06. The predicted molar refractivity (Wildman–Crippen MR) is 96.7 cm³/mol. The summed E-state index contributed by atoms with van der Waals surface area (Å²) in [6.45, 7) is 0. The molecule has 29 heavy (non-hydrogen) atoms. The summed E-state index contributed by atoms with van der Waals surface area (Å²) in [5.74, 6) is -2.53. The van der Waals surface area contributed by atoms with Gasteiger partial charge in [0.25, 0.3) is 0 Å². The summed E-state index contributed by atoms with van der Waals surface area (Å²) in [5, 5.41) is 15.4. The maximum Gasteiger partial charge on any atom is 0.417 e. The van der Waals surface area contributed by atoms with Crippen molar-refractivity contribution >= 4 is 17.0 Å². The highest BCUT2D eigenvalue weighted by Crippen LogP contribution is 2.40. The van der Waals surface area contributed by atoms with Crippen LogP contribution in [0.2, 0.25) is 0 Å². The molecule has 4 aromatic rings. The van der Waals surface area contributed by atoms with Gasteiger partial charge >= 0.3 is 12.1 Å². The Morgan fingerprint density at radius 2 is 1.72 bits per heavy atom. The molecule has 0 atom stereocenters. The number of nitrogens with zero attached hydrogens (tertiary/aromatic N) is 2. The first-order valence-electron chi connectivity index (χ1n) is 8.30. The Labute approximate surface area is 160 Å². The maximum absolute atomic E-state index is 13.8. The van der Waals surface area contributed by atoms with E-state index >= 15 is 0 Å². The van der Waals surface area contributed by atoms with Crippen molar-refractivity contribution in [2.24, 2.45) is 0 Å². The van der Waals surface area contributed by atoms with E-state index in [-0.39, 0.29) is 28.0 Å². The number of carboxylic acid groups (broad SMARTS) is 1. The van der Waals surface area contributed by atoms with E-state index in [0.29, 0.717) is 5.56 Å². The number of benzene rings is 2. The van der Waals surface area contributed by atoms with Crippen molar-refractivity contribution in [2.45, 2.75) is 6.18 Å². The van der Waals surface area contributed by atoms with Gasteiger partial charge in [-0.2, -0.15) is 18.3 Å². The minimum Gasteiger partial charge on any atom is -0.478 e. The van der Waals surface area contributed by atoms with Crippen LogP contribution in [0.3, 0.4) is 0 Å². The molecular weight excluding hydrogens is 390 g/mol. The molecule has 9 heteroatoms. The number of halogens is 4. The quantitative estimate of drug-likeness (QED) is 0.466. The Morgan fingerprint density at radius 3 is 2.38 bits per heavy atom. The third-order valence-electron chi connectivity index (χ3n) is 4.38. The number of fused-ring (bicyclic) bond motifs is 1. The van der Waals surface area contributed by atoms with Crippen molar-refractivity contribution in [2.75, 3.05) is 0 Å². The van der Waals surface area contributed by atoms with Crippen LogP contribution in [0.4, 0.5) is 17.6 Å². The number of alkyl halides is 3. The van der Waals surface area contributed by atoms with Crippen LogP contribution in [0.1, 0.15) is 15.9 Å². The average molecular weight is 401 g/mol. The molecule has 0 bridgehead atoms. The topological polar surface area (TPSA) is 78.9 Å². The number of nitrogens with one attached hydrogen (secondary N) is 1. The standard InChI is InChI=1S/C20H11F4N3O2/c21-14-7-6-11(8-12(14)19(28)29)15-9-13(20(22,23)24)16-17(26-27-18(16)25-15)10-4-2-1-3-5-10/h1-9H,(H,28,29)(H,25,26,27). The number of hydrogen-bond acceptors (Lipinski definition) is 3. The number of aromatic nitrogens is 3. The molecule has 2 aromatic heterocycles. The van der Waals surface area contributed by atoms with E-state index < -0.39 is 29.1 Å². The molecule has 2 aromatic carbocycles. The maximum atomic E-state index is 13.8. The number of aromatic carboxylic acids is 1. The predicted octanol–water partition coefficient (Wildman–Crippen LogP) is 5.15. The van der Waals surface area contributed by atoms with Gasteiger partial charge in [-0.15, -0.1) is 0 Å². The Bertz CT molecular complexity index is 1230. The van der Waals surface area contributed by atoms with Gasteiger partial charge in [-0.05, 0) is 24.3 Å². The smallest absolute Gasteiger partial charge is 0.417 e. The molecule has 0 amide bonds. The van der Waals surface area contributed by atoms with Crippen LogP contribution in [-0.2, 0) is 6.18 Å². The van der Waals surface area contributed by atoms with Crippen LogP contribution in [-0.4, -0.2) is 26.3 Å². The van der Waals surface area contributed by atoms with E-state index in [4.69, 9.17) is 5.11 Å². The van der Waals surface area contributed by atoms with Gasteiger partial charge in [-0.25, -0.2) is 14.2 Å². The SMILES string of the molecule is O=C(O)c1cc(-c2cc(C(F)(F)F)c3c(-c4ccccc4)n[nH]c3n2)ccc1F. The van der Waals surface area contributed by atoms with Crippen molar-refractivity contribution in [3.63, 3.8) is 0 Å². The van der Waals surface area contributed by atoms with Crippen molar-refractivity contribution in [3.8, 4) is 22.5 Å². The lowest BCUT2D eigenvalue weighted by Crippen LogP contribution is -2.07. The summed E-state index contributed by atoms with van der Waals surface area (Å²) in [6, 6.07) is 12.1. The number of carboxylic acids is 1. The number of aromatic amines is 1. The van der Waals surface area contributed by atoms with Crippen LogP contribution in [0, 0.1) is 5.82 Å². The van der Waals surface area contributed by atoms with E-state index in [1.54, 1.807) is 30.3 Å². The fourth-order valence-corrected chi connectivity index (χ4v) is 3.06. The summed E-state index contributed by atoms with van der Waals surface area (Å²) in [6.07, 6.45) is -4.72. The lowest BCUT2D eigenvalue weighted by molar-refractivity contribution is -0.136. The Balaban J connectivity index is 1.98. The van der Waals surface area contributed by atoms with Crippen molar-refractivity contribution < 1.29 is 27.5 Å². The van der Waals surface area contributed by atoms with Crippen molar-refractivity contribution in [1.82, 2.24) is 15.2 Å². The van der Waals surface area contributed by atoms with E-state index in [1.807, 2.05) is 0 Å². The number of H-pyrrole nitrogens is 1. The average Bonchev–Trinajstić information content (AvgIpc) is 3.11. The fraction of sp³-hybridized carbons (Fsp3) is 0.0500. The van der Waals surface area contributed by atoms with Crippen molar-refractivity contribution in [3.05, 3.63) is 71.5 Å². The first-order valence-corrected chi connectivity index (χ1v) is 8.30. The summed E-state index contributed by atoms with van der Waals surface area (Å²) in [4.78, 5) is 15.3. The molecule has 0 aliphatic heterocycles. The van der Waals surface area contributed by atoms with E-state index in [0.717, 1.165) is 18.2 Å². The van der Waals surface area contributed by atoms with Gasteiger partial charge in [-0.3, -0.25) is 5.10 Å². The molecule has 5 nitrogen and oxygen atoms in total. The van der Waals surface area contributed by atoms with E-state index in [9.17, 15) is 22.4 Å². The Kier molecular flexibility index (Phi) is 4.30. The highest BCUT2D eigenvalue weighted by atomic mass is 19.4. The summed E-state index contributed by atoms with van der Waals surface area (Å²) < 4.78 is 55.2. The molecule has 0 unspecified atom stereocenters. The molecule has 0 saturated heterocycles. The first kappa shape index (κ1) is 18.6. The largest absolute Gasteiger partial charge is 0.478 e. The molecule has 2 heterocycles. The molecule has 2 N–H and O–H groups in total. The third kappa shape index (κ3) is 3.31. The molecule has 0 spiro atoms. The van der Waals surface area contributed by atoms with Gasteiger partial charge in [0.2, 0.25) is 0 Å². The van der Waals surface area contributed by atoms with Gasteiger partial charge in [0, 0.05) is 11.1 Å². The van der Waals surface area contributed by atoms with Gasteiger partial charge < -0.3 is 5.11 Å². The number of carbonyl (C=O) groups is 1. The highest BCUT2D eigenvalue weighted by Gasteiger charge is 2.36. The number of hydrogen-bond donors (Lipinski definition) is 2. The molecule has 4 rings (SSSR count). The minimum absolute atomic E-state index is 0.0343. The zero-order chi connectivity index (χ0) is 20.8. The van der Waals surface area contributed by atoms with E-state index in [1.165, 1.54) is 6.07 Å². The van der Waals surface area contributed by atoms with Gasteiger partial charge in [0.1, 0.15) is 11.5 Å². The lowest BCUT2D eigenvalue weighted by Gasteiger charge is -2.12. The highest BCUT2D eigenvalue weighted by molar-refractivity contribution is 5.95. The van der Waals surface area contributed by atoms with Crippen molar-refractivity contribution in [1.29, 1.82) is 0 Å². The zero-order valence-corrected chi connectivity index (χ0v) is 14.5. The van der Waals surface area contributed by atoms with Crippen LogP contribution in [0.15, 0.2) is 54.6 Å². The van der Waals surface area contributed by atoms with Gasteiger partial charge in [0.05, 0.1) is 22.2 Å². The summed E-state index contributed by atoms with van der Waals surface area (Å²) in [7, 11) is 0. The summed E-state index contributed by atoms with van der Waals surface area (Å²) >= 11 is 0. The second-order valence-corrected chi connectivity index (χ2v) is 6.21. The van der Waals surface area contributed by atoms with Crippen LogP contribution < -0.4 is 0 Å². The zero-order valence-electron chi connectivity index (χ0n) is 14.5. The molecule has 0 aliphatic carbocycles. The van der Waals surface area contributed by atoms with Crippen LogP contribution >= 0.6 is 0 Å². The van der Waals surface area contributed by atoms with Crippen LogP contribution in [0.5, 0.6) is 0 Å². The summed E-state index contributed by atoms with van der Waals surface area (Å²) in [5.41, 5.74) is -1.30. The molecule has 0 saturated carbocycles. The van der Waals surface area contributed by atoms with Crippen LogP contribution in [0.25, 0.3) is 33.5 Å². The normalized spacial score (nSPS) is 11.7. The minimum atomic E-state index is -4.72. The Morgan fingerprint density at radius 1 is 1.00 bits per heavy atom. The number of rotatable bonds is 3. The Hall–Kier alpha value is -3.75. The van der Waals surface area contributed by atoms with Gasteiger partial charge in [-0.1, -0.05) is 30.3 Å². The second kappa shape index (κ2) is 6.69. The third-order valence-corrected chi connectivity index (χ3v) is 4.38. The second-order valence-electron chi connectivity index (χ2n) is 6.21. The first-order chi connectivity index (χ1) is 13.8. The molecule has 0 radical (unpaired) electrons. The molecular formula is C20H11F4N3O2. The molecule has 0 fully saturated rings.